The van der Waals surface area contributed by atoms with Crippen molar-refractivity contribution in [2.75, 3.05) is 0 Å². The Bertz CT molecular complexity index is 1030. The van der Waals surface area contributed by atoms with Gasteiger partial charge in [0, 0.05) is 15.5 Å². The number of rotatable bonds is 5. The molecule has 0 heterocycles. The van der Waals surface area contributed by atoms with Gasteiger partial charge in [-0.2, -0.15) is 5.10 Å². The van der Waals surface area contributed by atoms with Crippen LogP contribution in [0.4, 0.5) is 0 Å². The standard InChI is InChI=1S/C23H18Br2N2O2/c24-18-11-15(21(28)20(25)12-18)14-26-27-22(29)19-13-23(19,16-7-3-1-4-8-16)17-9-5-2-6-10-17/h1-12,14,19,28H,13H2,(H,27,29)/b26-14+. The Morgan fingerprint density at radius 1 is 1.03 bits per heavy atom. The van der Waals surface area contributed by atoms with Crippen LogP contribution in [0.25, 0.3) is 0 Å². The minimum Gasteiger partial charge on any atom is -0.506 e. The largest absolute Gasteiger partial charge is 0.506 e. The second-order valence-corrected chi connectivity index (χ2v) is 8.79. The molecule has 1 fully saturated rings. The highest BCUT2D eigenvalue weighted by Crippen LogP contribution is 2.58. The molecule has 0 aliphatic heterocycles. The van der Waals surface area contributed by atoms with Crippen molar-refractivity contribution in [1.82, 2.24) is 5.43 Å². The number of hydrogen-bond acceptors (Lipinski definition) is 3. The molecule has 0 saturated heterocycles. The first-order chi connectivity index (χ1) is 14.0. The molecule has 4 rings (SSSR count). The lowest BCUT2D eigenvalue weighted by Gasteiger charge is -2.18. The number of hydrazone groups is 1. The number of benzene rings is 3. The topological polar surface area (TPSA) is 61.7 Å². The van der Waals surface area contributed by atoms with Crippen molar-refractivity contribution in [3.05, 3.63) is 98.4 Å². The number of nitrogens with one attached hydrogen (secondary N) is 1. The van der Waals surface area contributed by atoms with Crippen LogP contribution >= 0.6 is 31.9 Å². The fourth-order valence-electron chi connectivity index (χ4n) is 3.78. The van der Waals surface area contributed by atoms with E-state index in [0.29, 0.717) is 10.0 Å². The Morgan fingerprint density at radius 2 is 1.62 bits per heavy atom. The SMILES string of the molecule is O=C(N/N=C/c1cc(Br)cc(Br)c1O)C1CC1(c1ccccc1)c1ccccc1. The first-order valence-electron chi connectivity index (χ1n) is 9.14. The molecule has 29 heavy (non-hydrogen) atoms. The number of aromatic hydroxyl groups is 1. The number of hydrogen-bond donors (Lipinski definition) is 2. The van der Waals surface area contributed by atoms with Gasteiger partial charge in [0.15, 0.2) is 0 Å². The van der Waals surface area contributed by atoms with Crippen LogP contribution in [0.3, 0.4) is 0 Å². The van der Waals surface area contributed by atoms with E-state index in [1.165, 1.54) is 6.21 Å². The minimum absolute atomic E-state index is 0.0699. The third kappa shape index (κ3) is 3.87. The second kappa shape index (κ2) is 8.13. The van der Waals surface area contributed by atoms with E-state index in [1.807, 2.05) is 36.4 Å². The van der Waals surface area contributed by atoms with E-state index in [9.17, 15) is 9.90 Å². The molecule has 2 N–H and O–H groups in total. The van der Waals surface area contributed by atoms with E-state index in [1.54, 1.807) is 12.1 Å². The highest BCUT2D eigenvalue weighted by molar-refractivity contribution is 9.11. The first-order valence-corrected chi connectivity index (χ1v) is 10.7. The van der Waals surface area contributed by atoms with Crippen molar-refractivity contribution in [2.24, 2.45) is 11.0 Å². The summed E-state index contributed by atoms with van der Waals surface area (Å²) >= 11 is 6.67. The van der Waals surface area contributed by atoms with Crippen molar-refractivity contribution in [3.63, 3.8) is 0 Å². The van der Waals surface area contributed by atoms with Crippen LogP contribution < -0.4 is 5.43 Å². The van der Waals surface area contributed by atoms with Crippen molar-refractivity contribution >= 4 is 44.0 Å². The normalized spacial score (nSPS) is 17.2. The highest BCUT2D eigenvalue weighted by atomic mass is 79.9. The van der Waals surface area contributed by atoms with E-state index >= 15 is 0 Å². The van der Waals surface area contributed by atoms with Gasteiger partial charge in [0.2, 0.25) is 5.91 Å². The van der Waals surface area contributed by atoms with Crippen molar-refractivity contribution in [3.8, 4) is 5.75 Å². The summed E-state index contributed by atoms with van der Waals surface area (Å²) in [5.74, 6) is -0.268. The Kier molecular flexibility index (Phi) is 5.56. The molecule has 0 spiro atoms. The highest BCUT2D eigenvalue weighted by Gasteiger charge is 2.60. The number of nitrogens with zero attached hydrogens (tertiary/aromatic N) is 1. The molecule has 146 valence electrons. The summed E-state index contributed by atoms with van der Waals surface area (Å²) < 4.78 is 1.35. The summed E-state index contributed by atoms with van der Waals surface area (Å²) in [7, 11) is 0. The number of halogens is 2. The van der Waals surface area contributed by atoms with Crippen LogP contribution in [0.5, 0.6) is 5.75 Å². The third-order valence-corrected chi connectivity index (χ3v) is 6.35. The average molecular weight is 514 g/mol. The van der Waals surface area contributed by atoms with Crippen LogP contribution in [0.2, 0.25) is 0 Å². The number of phenolic OH excluding ortho intramolecular Hbond substituents is 1. The maximum absolute atomic E-state index is 12.9. The maximum atomic E-state index is 12.9. The zero-order valence-electron chi connectivity index (χ0n) is 15.3. The summed E-state index contributed by atoms with van der Waals surface area (Å²) in [6.45, 7) is 0. The van der Waals surface area contributed by atoms with E-state index in [0.717, 1.165) is 22.0 Å². The second-order valence-electron chi connectivity index (χ2n) is 7.02. The smallest absolute Gasteiger partial charge is 0.244 e. The molecule has 3 aromatic rings. The monoisotopic (exact) mass is 512 g/mol. The summed E-state index contributed by atoms with van der Waals surface area (Å²) in [6.07, 6.45) is 2.17. The van der Waals surface area contributed by atoms with Gasteiger partial charge in [-0.15, -0.1) is 0 Å². The zero-order chi connectivity index (χ0) is 20.4. The number of phenols is 1. The van der Waals surface area contributed by atoms with Crippen molar-refractivity contribution in [1.29, 1.82) is 0 Å². The molecule has 4 nitrogen and oxygen atoms in total. The molecule has 1 aliphatic carbocycles. The van der Waals surface area contributed by atoms with Crippen LogP contribution in [0.15, 0.2) is 86.8 Å². The maximum Gasteiger partial charge on any atom is 0.244 e. The van der Waals surface area contributed by atoms with Gasteiger partial charge in [0.25, 0.3) is 0 Å². The molecule has 0 radical (unpaired) electrons. The van der Waals surface area contributed by atoms with Gasteiger partial charge in [-0.05, 0) is 45.6 Å². The lowest BCUT2D eigenvalue weighted by Crippen LogP contribution is -2.25. The van der Waals surface area contributed by atoms with Crippen LogP contribution in [-0.4, -0.2) is 17.2 Å². The molecule has 1 amide bonds. The number of amides is 1. The van der Waals surface area contributed by atoms with Crippen molar-refractivity contribution in [2.45, 2.75) is 11.8 Å². The Morgan fingerprint density at radius 3 is 2.21 bits per heavy atom. The van der Waals surface area contributed by atoms with Crippen molar-refractivity contribution < 1.29 is 9.90 Å². The minimum atomic E-state index is -0.330. The van der Waals surface area contributed by atoms with Crippen LogP contribution in [0.1, 0.15) is 23.1 Å². The fourth-order valence-corrected chi connectivity index (χ4v) is 5.04. The summed E-state index contributed by atoms with van der Waals surface area (Å²) in [4.78, 5) is 12.9. The molecule has 0 aromatic heterocycles. The predicted octanol–water partition coefficient (Wildman–Crippen LogP) is 5.37. The van der Waals surface area contributed by atoms with Gasteiger partial charge in [-0.25, -0.2) is 5.43 Å². The molecule has 3 aromatic carbocycles. The van der Waals surface area contributed by atoms with Gasteiger partial charge >= 0.3 is 0 Å². The lowest BCUT2D eigenvalue weighted by atomic mass is 9.85. The summed E-state index contributed by atoms with van der Waals surface area (Å²) in [5.41, 5.74) is 5.07. The number of carbonyl (C=O) groups excluding carboxylic acids is 1. The predicted molar refractivity (Wildman–Crippen MR) is 121 cm³/mol. The third-order valence-electron chi connectivity index (χ3n) is 5.29. The Labute approximate surface area is 185 Å². The first kappa shape index (κ1) is 19.9. The number of carbonyl (C=O) groups is 1. The van der Waals surface area contributed by atoms with Gasteiger partial charge in [0.05, 0.1) is 16.6 Å². The van der Waals surface area contributed by atoms with E-state index in [-0.39, 0.29) is 23.0 Å². The van der Waals surface area contributed by atoms with E-state index < -0.39 is 0 Å². The Hall–Kier alpha value is -2.44. The van der Waals surface area contributed by atoms with E-state index in [4.69, 9.17) is 0 Å². The van der Waals surface area contributed by atoms with E-state index in [2.05, 4.69) is 66.7 Å². The fraction of sp³-hybridized carbons (Fsp3) is 0.130. The quantitative estimate of drug-likeness (QED) is 0.355. The molecular weight excluding hydrogens is 496 g/mol. The summed E-state index contributed by atoms with van der Waals surface area (Å²) in [5, 5.41) is 14.2. The van der Waals surface area contributed by atoms with Gasteiger partial charge in [-0.1, -0.05) is 76.6 Å². The lowest BCUT2D eigenvalue weighted by molar-refractivity contribution is -0.122. The van der Waals surface area contributed by atoms with Gasteiger partial charge in [-0.3, -0.25) is 4.79 Å². The molecule has 6 heteroatoms. The van der Waals surface area contributed by atoms with Crippen LogP contribution in [-0.2, 0) is 10.2 Å². The molecule has 1 unspecified atom stereocenters. The van der Waals surface area contributed by atoms with Crippen LogP contribution in [0, 0.1) is 5.92 Å². The molecule has 1 atom stereocenters. The summed E-state index contributed by atoms with van der Waals surface area (Å²) in [6, 6.07) is 23.7. The molecular formula is C23H18Br2N2O2. The average Bonchev–Trinajstić information content (AvgIpc) is 3.50. The zero-order valence-corrected chi connectivity index (χ0v) is 18.5. The molecule has 0 bridgehead atoms. The Balaban J connectivity index is 1.55. The van der Waals surface area contributed by atoms with Gasteiger partial charge < -0.3 is 5.11 Å². The molecule has 1 aliphatic rings. The van der Waals surface area contributed by atoms with Gasteiger partial charge in [0.1, 0.15) is 5.75 Å². The molecule has 1 saturated carbocycles.